The summed E-state index contributed by atoms with van der Waals surface area (Å²) >= 11 is 0. The van der Waals surface area contributed by atoms with Gasteiger partial charge in [0.25, 0.3) is 0 Å². The molecule has 0 radical (unpaired) electrons. The molecule has 17 heavy (non-hydrogen) atoms. The van der Waals surface area contributed by atoms with Gasteiger partial charge in [-0.05, 0) is 42.5 Å². The van der Waals surface area contributed by atoms with Crippen molar-refractivity contribution >= 4 is 17.7 Å². The summed E-state index contributed by atoms with van der Waals surface area (Å²) in [6.45, 7) is 0. The van der Waals surface area contributed by atoms with Crippen LogP contribution in [0.15, 0.2) is 53.2 Å². The highest BCUT2D eigenvalue weighted by molar-refractivity contribution is 6.01. The number of rotatable bonds is 3. The Hall–Kier alpha value is -2.49. The van der Waals surface area contributed by atoms with Crippen LogP contribution >= 0.6 is 0 Å². The second kappa shape index (κ2) is 5.03. The largest absolute Gasteiger partial charge is 0.508 e. The van der Waals surface area contributed by atoms with E-state index in [0.29, 0.717) is 11.4 Å². The molecule has 0 unspecified atom stereocenters. The van der Waals surface area contributed by atoms with Crippen molar-refractivity contribution in [2.75, 3.05) is 5.32 Å². The molecule has 2 aromatic rings. The summed E-state index contributed by atoms with van der Waals surface area (Å²) in [5, 5.41) is 11.7. The van der Waals surface area contributed by atoms with Gasteiger partial charge in [-0.15, -0.1) is 0 Å². The molecule has 0 aliphatic carbocycles. The van der Waals surface area contributed by atoms with Crippen LogP contribution < -0.4 is 5.32 Å². The highest BCUT2D eigenvalue weighted by Crippen LogP contribution is 2.13. The van der Waals surface area contributed by atoms with Crippen LogP contribution in [0.4, 0.5) is 5.69 Å². The standard InChI is InChI=1S/C13H11NO3/c15-11-5-3-10(4-6-11)14-13(16)8-7-12-2-1-9-17-12/h1-9,15H,(H,14,16)/b8-7+. The molecule has 1 amide bonds. The van der Waals surface area contributed by atoms with Gasteiger partial charge in [0.05, 0.1) is 6.26 Å². The fourth-order valence-corrected chi connectivity index (χ4v) is 1.27. The molecule has 0 spiro atoms. The van der Waals surface area contributed by atoms with E-state index in [2.05, 4.69) is 5.32 Å². The Morgan fingerprint density at radius 1 is 1.24 bits per heavy atom. The van der Waals surface area contributed by atoms with Crippen molar-refractivity contribution in [2.45, 2.75) is 0 Å². The smallest absolute Gasteiger partial charge is 0.248 e. The van der Waals surface area contributed by atoms with Gasteiger partial charge in [-0.25, -0.2) is 0 Å². The second-order valence-corrected chi connectivity index (χ2v) is 3.38. The molecule has 0 aliphatic rings. The Kier molecular flexibility index (Phi) is 3.25. The Morgan fingerprint density at radius 3 is 2.65 bits per heavy atom. The van der Waals surface area contributed by atoms with Gasteiger partial charge >= 0.3 is 0 Å². The number of hydrogen-bond acceptors (Lipinski definition) is 3. The number of furan rings is 1. The minimum Gasteiger partial charge on any atom is -0.508 e. The lowest BCUT2D eigenvalue weighted by Crippen LogP contribution is -2.07. The molecule has 2 N–H and O–H groups in total. The van der Waals surface area contributed by atoms with Crippen LogP contribution in [0.5, 0.6) is 5.75 Å². The topological polar surface area (TPSA) is 62.5 Å². The monoisotopic (exact) mass is 229 g/mol. The number of carbonyl (C=O) groups is 1. The Bertz CT molecular complexity index is 512. The predicted octanol–water partition coefficient (Wildman–Crippen LogP) is 2.64. The average Bonchev–Trinajstić information content (AvgIpc) is 2.83. The van der Waals surface area contributed by atoms with Gasteiger partial charge in [-0.2, -0.15) is 0 Å². The Morgan fingerprint density at radius 2 is 2.00 bits per heavy atom. The zero-order valence-electron chi connectivity index (χ0n) is 8.96. The van der Waals surface area contributed by atoms with Crippen molar-refractivity contribution in [1.82, 2.24) is 0 Å². The number of aromatic hydroxyl groups is 1. The Labute approximate surface area is 98.2 Å². The minimum absolute atomic E-state index is 0.161. The van der Waals surface area contributed by atoms with Gasteiger partial charge in [0.15, 0.2) is 0 Å². The van der Waals surface area contributed by atoms with E-state index in [9.17, 15) is 4.79 Å². The van der Waals surface area contributed by atoms with Crippen molar-refractivity contribution in [3.63, 3.8) is 0 Å². The van der Waals surface area contributed by atoms with Crippen molar-refractivity contribution in [2.24, 2.45) is 0 Å². The summed E-state index contributed by atoms with van der Waals surface area (Å²) in [6.07, 6.45) is 4.50. The number of benzene rings is 1. The summed E-state index contributed by atoms with van der Waals surface area (Å²) in [5.74, 6) is 0.520. The van der Waals surface area contributed by atoms with Gasteiger partial charge in [-0.1, -0.05) is 0 Å². The van der Waals surface area contributed by atoms with E-state index in [1.165, 1.54) is 24.5 Å². The normalized spacial score (nSPS) is 10.6. The van der Waals surface area contributed by atoms with Crippen LogP contribution in [0.25, 0.3) is 6.08 Å². The van der Waals surface area contributed by atoms with E-state index in [0.717, 1.165) is 0 Å². The summed E-state index contributed by atoms with van der Waals surface area (Å²) in [6, 6.07) is 9.75. The highest BCUT2D eigenvalue weighted by Gasteiger charge is 1.98. The van der Waals surface area contributed by atoms with Crippen LogP contribution in [0, 0.1) is 0 Å². The number of nitrogens with one attached hydrogen (secondary N) is 1. The molecular weight excluding hydrogens is 218 g/mol. The molecular formula is C13H11NO3. The SMILES string of the molecule is O=C(/C=C/c1ccco1)Nc1ccc(O)cc1. The van der Waals surface area contributed by atoms with E-state index >= 15 is 0 Å². The first-order valence-electron chi connectivity index (χ1n) is 5.05. The van der Waals surface area contributed by atoms with Crippen LogP contribution in [-0.4, -0.2) is 11.0 Å². The fraction of sp³-hybridized carbons (Fsp3) is 0. The molecule has 0 bridgehead atoms. The van der Waals surface area contributed by atoms with E-state index in [-0.39, 0.29) is 11.7 Å². The van der Waals surface area contributed by atoms with Crippen molar-refractivity contribution in [3.8, 4) is 5.75 Å². The number of amides is 1. The number of anilines is 1. The molecule has 1 aromatic heterocycles. The first-order valence-corrected chi connectivity index (χ1v) is 5.05. The van der Waals surface area contributed by atoms with Gasteiger partial charge in [-0.3, -0.25) is 4.79 Å². The molecule has 2 rings (SSSR count). The molecule has 0 saturated carbocycles. The number of hydrogen-bond donors (Lipinski definition) is 2. The zero-order chi connectivity index (χ0) is 12.1. The molecule has 1 heterocycles. The number of phenolic OH excluding ortho intramolecular Hbond substituents is 1. The molecule has 0 atom stereocenters. The van der Waals surface area contributed by atoms with E-state index < -0.39 is 0 Å². The van der Waals surface area contributed by atoms with E-state index in [1.807, 2.05) is 0 Å². The van der Waals surface area contributed by atoms with Crippen LogP contribution in [-0.2, 0) is 4.79 Å². The first-order chi connectivity index (χ1) is 8.24. The molecule has 86 valence electrons. The van der Waals surface area contributed by atoms with Gasteiger partial charge in [0.2, 0.25) is 5.91 Å². The lowest BCUT2D eigenvalue weighted by atomic mass is 10.3. The minimum atomic E-state index is -0.257. The lowest BCUT2D eigenvalue weighted by molar-refractivity contribution is -0.111. The van der Waals surface area contributed by atoms with Crippen LogP contribution in [0.1, 0.15) is 5.76 Å². The Balaban J connectivity index is 1.95. The highest BCUT2D eigenvalue weighted by atomic mass is 16.3. The molecule has 4 nitrogen and oxygen atoms in total. The molecule has 4 heteroatoms. The predicted molar refractivity (Wildman–Crippen MR) is 64.5 cm³/mol. The third kappa shape index (κ3) is 3.24. The lowest BCUT2D eigenvalue weighted by Gasteiger charge is -2.01. The van der Waals surface area contributed by atoms with Gasteiger partial charge in [0, 0.05) is 11.8 Å². The molecule has 1 aromatic carbocycles. The first kappa shape index (κ1) is 11.0. The fourth-order valence-electron chi connectivity index (χ4n) is 1.27. The second-order valence-electron chi connectivity index (χ2n) is 3.38. The maximum absolute atomic E-state index is 11.5. The molecule has 0 saturated heterocycles. The maximum Gasteiger partial charge on any atom is 0.248 e. The average molecular weight is 229 g/mol. The summed E-state index contributed by atoms with van der Waals surface area (Å²) in [7, 11) is 0. The zero-order valence-corrected chi connectivity index (χ0v) is 8.96. The summed E-state index contributed by atoms with van der Waals surface area (Å²) in [5.41, 5.74) is 0.622. The molecule has 0 aliphatic heterocycles. The summed E-state index contributed by atoms with van der Waals surface area (Å²) < 4.78 is 5.05. The maximum atomic E-state index is 11.5. The van der Waals surface area contributed by atoms with E-state index in [4.69, 9.17) is 9.52 Å². The number of phenols is 1. The van der Waals surface area contributed by atoms with Crippen molar-refractivity contribution in [3.05, 3.63) is 54.5 Å². The van der Waals surface area contributed by atoms with Crippen molar-refractivity contribution < 1.29 is 14.3 Å². The van der Waals surface area contributed by atoms with Gasteiger partial charge in [0.1, 0.15) is 11.5 Å². The van der Waals surface area contributed by atoms with E-state index in [1.54, 1.807) is 30.3 Å². The van der Waals surface area contributed by atoms with Crippen molar-refractivity contribution in [1.29, 1.82) is 0 Å². The quantitative estimate of drug-likeness (QED) is 0.628. The van der Waals surface area contributed by atoms with Crippen LogP contribution in [0.2, 0.25) is 0 Å². The van der Waals surface area contributed by atoms with Gasteiger partial charge < -0.3 is 14.8 Å². The third-order valence-electron chi connectivity index (χ3n) is 2.08. The van der Waals surface area contributed by atoms with Crippen LogP contribution in [0.3, 0.4) is 0 Å². The third-order valence-corrected chi connectivity index (χ3v) is 2.08. The summed E-state index contributed by atoms with van der Waals surface area (Å²) in [4.78, 5) is 11.5. The molecule has 0 fully saturated rings. The number of carbonyl (C=O) groups excluding carboxylic acids is 1.